The van der Waals surface area contributed by atoms with E-state index >= 15 is 0 Å². The molecule has 0 saturated carbocycles. The summed E-state index contributed by atoms with van der Waals surface area (Å²) < 4.78 is 0. The van der Waals surface area contributed by atoms with Crippen molar-refractivity contribution < 1.29 is 5.11 Å². The van der Waals surface area contributed by atoms with Crippen LogP contribution in [0.2, 0.25) is 0 Å². The van der Waals surface area contributed by atoms with E-state index in [9.17, 15) is 5.11 Å². The van der Waals surface area contributed by atoms with Crippen LogP contribution in [0.1, 0.15) is 47.0 Å². The average Bonchev–Trinajstić information content (AvgIpc) is 1.81. The Hall–Kier alpha value is -0.0800. The van der Waals surface area contributed by atoms with Crippen molar-refractivity contribution in [3.8, 4) is 0 Å². The fraction of sp³-hybridized carbons (Fsp3) is 1.00. The molecule has 0 aliphatic heterocycles. The van der Waals surface area contributed by atoms with Crippen LogP contribution in [0.3, 0.4) is 0 Å². The van der Waals surface area contributed by atoms with Crippen LogP contribution in [-0.4, -0.2) is 16.2 Å². The van der Waals surface area contributed by atoms with E-state index in [-0.39, 0.29) is 0 Å². The predicted molar refractivity (Wildman–Crippen MR) is 48.4 cm³/mol. The van der Waals surface area contributed by atoms with E-state index in [1.165, 1.54) is 0 Å². The molecule has 0 aromatic carbocycles. The fourth-order valence-electron chi connectivity index (χ4n) is 0.850. The predicted octanol–water partition coefficient (Wildman–Crippen LogP) is 1.66. The summed E-state index contributed by atoms with van der Waals surface area (Å²) in [6.45, 7) is 7.56. The van der Waals surface area contributed by atoms with Crippen LogP contribution in [0.25, 0.3) is 0 Å². The van der Waals surface area contributed by atoms with Gasteiger partial charge in [-0.05, 0) is 27.2 Å². The van der Waals surface area contributed by atoms with Crippen molar-refractivity contribution in [3.05, 3.63) is 0 Å². The molecule has 0 radical (unpaired) electrons. The molecule has 0 bridgehead atoms. The lowest BCUT2D eigenvalue weighted by Gasteiger charge is -2.37. The Labute approximate surface area is 69.8 Å². The van der Waals surface area contributed by atoms with Crippen LogP contribution >= 0.6 is 0 Å². The lowest BCUT2D eigenvalue weighted by Crippen LogP contribution is -2.54. The van der Waals surface area contributed by atoms with E-state index in [2.05, 4.69) is 6.92 Å². The van der Waals surface area contributed by atoms with Crippen molar-refractivity contribution >= 4 is 0 Å². The standard InChI is InChI=1S/C9H21NO/c1-5-6-7-9(4,10)8(2,3)11/h11H,5-7,10H2,1-4H3. The molecule has 1 unspecified atom stereocenters. The molecule has 2 heteroatoms. The van der Waals surface area contributed by atoms with Crippen LogP contribution in [0, 0.1) is 0 Å². The summed E-state index contributed by atoms with van der Waals surface area (Å²) in [7, 11) is 0. The number of aliphatic hydroxyl groups is 1. The van der Waals surface area contributed by atoms with Crippen molar-refractivity contribution in [2.75, 3.05) is 0 Å². The maximum absolute atomic E-state index is 9.65. The summed E-state index contributed by atoms with van der Waals surface area (Å²) in [5.41, 5.74) is 4.70. The van der Waals surface area contributed by atoms with Crippen molar-refractivity contribution in [1.29, 1.82) is 0 Å². The van der Waals surface area contributed by atoms with Gasteiger partial charge in [-0.3, -0.25) is 0 Å². The number of rotatable bonds is 4. The van der Waals surface area contributed by atoms with Gasteiger partial charge in [0.2, 0.25) is 0 Å². The van der Waals surface area contributed by atoms with E-state index in [1.807, 2.05) is 6.92 Å². The number of nitrogens with two attached hydrogens (primary N) is 1. The van der Waals surface area contributed by atoms with Crippen molar-refractivity contribution in [3.63, 3.8) is 0 Å². The monoisotopic (exact) mass is 159 g/mol. The molecular formula is C9H21NO. The molecule has 0 rings (SSSR count). The van der Waals surface area contributed by atoms with Gasteiger partial charge in [0.05, 0.1) is 5.60 Å². The first-order chi connectivity index (χ1) is 4.81. The van der Waals surface area contributed by atoms with Gasteiger partial charge < -0.3 is 10.8 Å². The molecule has 11 heavy (non-hydrogen) atoms. The number of hydrogen-bond acceptors (Lipinski definition) is 2. The third kappa shape index (κ3) is 3.21. The van der Waals surface area contributed by atoms with Gasteiger partial charge in [0.1, 0.15) is 0 Å². The Kier molecular flexibility index (Phi) is 3.52. The van der Waals surface area contributed by atoms with Crippen LogP contribution in [0.15, 0.2) is 0 Å². The number of hydrogen-bond donors (Lipinski definition) is 2. The van der Waals surface area contributed by atoms with E-state index in [0.717, 1.165) is 19.3 Å². The molecule has 0 aromatic rings. The second-order valence-electron chi connectivity index (χ2n) is 4.08. The smallest absolute Gasteiger partial charge is 0.0767 e. The van der Waals surface area contributed by atoms with Crippen LogP contribution in [0.5, 0.6) is 0 Å². The largest absolute Gasteiger partial charge is 0.389 e. The highest BCUT2D eigenvalue weighted by Gasteiger charge is 2.34. The molecule has 0 aliphatic carbocycles. The Morgan fingerprint density at radius 2 is 1.73 bits per heavy atom. The van der Waals surface area contributed by atoms with E-state index in [4.69, 9.17) is 5.73 Å². The molecule has 3 N–H and O–H groups in total. The Bertz CT molecular complexity index is 113. The zero-order chi connectivity index (χ0) is 9.12. The minimum absolute atomic E-state index is 0.455. The molecule has 2 nitrogen and oxygen atoms in total. The summed E-state index contributed by atoms with van der Waals surface area (Å²) >= 11 is 0. The zero-order valence-corrected chi connectivity index (χ0v) is 8.15. The van der Waals surface area contributed by atoms with Gasteiger partial charge in [-0.15, -0.1) is 0 Å². The second kappa shape index (κ2) is 3.55. The highest BCUT2D eigenvalue weighted by Crippen LogP contribution is 2.23. The topological polar surface area (TPSA) is 46.2 Å². The van der Waals surface area contributed by atoms with Gasteiger partial charge in [0.15, 0.2) is 0 Å². The molecule has 0 amide bonds. The van der Waals surface area contributed by atoms with Crippen LogP contribution < -0.4 is 5.73 Å². The molecule has 0 aromatic heterocycles. The Balaban J connectivity index is 4.00. The summed E-state index contributed by atoms with van der Waals surface area (Å²) in [5, 5.41) is 9.65. The SMILES string of the molecule is CCCCC(C)(N)C(C)(C)O. The lowest BCUT2D eigenvalue weighted by molar-refractivity contribution is 0.00102. The highest BCUT2D eigenvalue weighted by molar-refractivity contribution is 4.93. The summed E-state index contributed by atoms with van der Waals surface area (Å²) in [6, 6.07) is 0. The van der Waals surface area contributed by atoms with Gasteiger partial charge in [-0.1, -0.05) is 19.8 Å². The minimum Gasteiger partial charge on any atom is -0.389 e. The molecule has 0 aliphatic rings. The average molecular weight is 159 g/mol. The van der Waals surface area contributed by atoms with Gasteiger partial charge in [0.25, 0.3) is 0 Å². The van der Waals surface area contributed by atoms with Crippen molar-refractivity contribution in [1.82, 2.24) is 0 Å². The van der Waals surface area contributed by atoms with Gasteiger partial charge in [-0.2, -0.15) is 0 Å². The maximum atomic E-state index is 9.65. The third-order valence-corrected chi connectivity index (χ3v) is 2.45. The maximum Gasteiger partial charge on any atom is 0.0767 e. The first-order valence-electron chi connectivity index (χ1n) is 4.32. The molecule has 1 atom stereocenters. The molecule has 68 valence electrons. The fourth-order valence-corrected chi connectivity index (χ4v) is 0.850. The normalized spacial score (nSPS) is 18.0. The molecule has 0 spiro atoms. The van der Waals surface area contributed by atoms with Crippen LogP contribution in [-0.2, 0) is 0 Å². The van der Waals surface area contributed by atoms with Crippen LogP contribution in [0.4, 0.5) is 0 Å². The minimum atomic E-state index is -0.776. The van der Waals surface area contributed by atoms with Crippen molar-refractivity contribution in [2.24, 2.45) is 5.73 Å². The van der Waals surface area contributed by atoms with E-state index in [1.54, 1.807) is 13.8 Å². The van der Waals surface area contributed by atoms with Gasteiger partial charge in [-0.25, -0.2) is 0 Å². The van der Waals surface area contributed by atoms with E-state index in [0.29, 0.717) is 0 Å². The quantitative estimate of drug-likeness (QED) is 0.655. The Morgan fingerprint density at radius 1 is 1.27 bits per heavy atom. The molecule has 0 heterocycles. The molecule has 0 fully saturated rings. The number of unbranched alkanes of at least 4 members (excludes halogenated alkanes) is 1. The van der Waals surface area contributed by atoms with Crippen molar-refractivity contribution in [2.45, 2.75) is 58.1 Å². The first-order valence-corrected chi connectivity index (χ1v) is 4.32. The summed E-state index contributed by atoms with van der Waals surface area (Å²) in [5.74, 6) is 0. The third-order valence-electron chi connectivity index (χ3n) is 2.45. The van der Waals surface area contributed by atoms with E-state index < -0.39 is 11.1 Å². The van der Waals surface area contributed by atoms with Gasteiger partial charge >= 0.3 is 0 Å². The van der Waals surface area contributed by atoms with Gasteiger partial charge in [0, 0.05) is 5.54 Å². The highest BCUT2D eigenvalue weighted by atomic mass is 16.3. The Morgan fingerprint density at radius 3 is 2.00 bits per heavy atom. The second-order valence-corrected chi connectivity index (χ2v) is 4.08. The first kappa shape index (κ1) is 10.9. The molecule has 0 saturated heterocycles. The lowest BCUT2D eigenvalue weighted by atomic mass is 9.81. The summed E-state index contributed by atoms with van der Waals surface area (Å²) in [4.78, 5) is 0. The summed E-state index contributed by atoms with van der Waals surface area (Å²) in [6.07, 6.45) is 3.09. The molecular weight excluding hydrogens is 138 g/mol. The zero-order valence-electron chi connectivity index (χ0n) is 8.15.